The Kier molecular flexibility index (Phi) is 5.01. The van der Waals surface area contributed by atoms with Crippen molar-refractivity contribution in [2.24, 2.45) is 0 Å². The lowest BCUT2D eigenvalue weighted by atomic mass is 10.0. The molecule has 21 heavy (non-hydrogen) atoms. The zero-order chi connectivity index (χ0) is 15.6. The van der Waals surface area contributed by atoms with Crippen LogP contribution in [0.4, 0.5) is 0 Å². The number of methoxy groups -OCH3 is 1. The van der Waals surface area contributed by atoms with Crippen LogP contribution in [0, 0.1) is 13.8 Å². The molecule has 1 aromatic carbocycles. The maximum absolute atomic E-state index is 12.6. The van der Waals surface area contributed by atoms with Crippen molar-refractivity contribution >= 4 is 5.91 Å². The molecule has 116 valence electrons. The maximum atomic E-state index is 12.6. The molecular formula is C17H26N2O2. The van der Waals surface area contributed by atoms with Crippen molar-refractivity contribution in [1.29, 1.82) is 0 Å². The molecule has 1 N–H and O–H groups in total. The molecule has 0 saturated carbocycles. The molecule has 1 aliphatic heterocycles. The van der Waals surface area contributed by atoms with Crippen molar-refractivity contribution in [3.63, 3.8) is 0 Å². The number of carbonyl (C=O) groups is 1. The van der Waals surface area contributed by atoms with Crippen LogP contribution in [0.25, 0.3) is 0 Å². The van der Waals surface area contributed by atoms with Gasteiger partial charge >= 0.3 is 0 Å². The van der Waals surface area contributed by atoms with Crippen LogP contribution in [0.1, 0.15) is 43.1 Å². The third kappa shape index (κ3) is 3.11. The fourth-order valence-corrected chi connectivity index (χ4v) is 3.09. The van der Waals surface area contributed by atoms with Gasteiger partial charge in [0.15, 0.2) is 0 Å². The van der Waals surface area contributed by atoms with E-state index in [1.165, 1.54) is 16.7 Å². The molecule has 4 heteroatoms. The van der Waals surface area contributed by atoms with Gasteiger partial charge in [-0.15, -0.1) is 0 Å². The molecule has 1 aromatic rings. The Morgan fingerprint density at radius 3 is 2.67 bits per heavy atom. The molecule has 1 saturated heterocycles. The molecule has 0 spiro atoms. The van der Waals surface area contributed by atoms with Gasteiger partial charge < -0.3 is 9.64 Å². The number of benzene rings is 1. The number of nitrogens with zero attached hydrogens (tertiary/aromatic N) is 1. The molecule has 1 amide bonds. The molecule has 0 radical (unpaired) electrons. The summed E-state index contributed by atoms with van der Waals surface area (Å²) in [5.41, 5.74) is 3.63. The number of hydrogen-bond acceptors (Lipinski definition) is 3. The van der Waals surface area contributed by atoms with Gasteiger partial charge in [0.05, 0.1) is 18.7 Å². The van der Waals surface area contributed by atoms with Gasteiger partial charge in [0.2, 0.25) is 5.91 Å². The molecule has 1 fully saturated rings. The van der Waals surface area contributed by atoms with E-state index >= 15 is 0 Å². The predicted molar refractivity (Wildman–Crippen MR) is 84.1 cm³/mol. The molecule has 0 aromatic heterocycles. The summed E-state index contributed by atoms with van der Waals surface area (Å²) < 4.78 is 5.30. The summed E-state index contributed by atoms with van der Waals surface area (Å²) in [4.78, 5) is 14.5. The topological polar surface area (TPSA) is 41.6 Å². The largest absolute Gasteiger partial charge is 0.383 e. The van der Waals surface area contributed by atoms with E-state index < -0.39 is 0 Å². The zero-order valence-corrected chi connectivity index (χ0v) is 13.6. The van der Waals surface area contributed by atoms with Crippen molar-refractivity contribution in [1.82, 2.24) is 10.2 Å². The third-order valence-electron chi connectivity index (χ3n) is 4.25. The van der Waals surface area contributed by atoms with Crippen molar-refractivity contribution in [2.45, 2.75) is 52.4 Å². The fourth-order valence-electron chi connectivity index (χ4n) is 3.09. The number of carbonyl (C=O) groups excluding carboxylic acids is 1. The van der Waals surface area contributed by atoms with E-state index in [9.17, 15) is 4.79 Å². The smallest absolute Gasteiger partial charge is 0.241 e. The lowest BCUT2D eigenvalue weighted by Gasteiger charge is -2.32. The second-order valence-electron chi connectivity index (χ2n) is 5.91. The Morgan fingerprint density at radius 2 is 2.10 bits per heavy atom. The van der Waals surface area contributed by atoms with E-state index in [2.05, 4.69) is 44.3 Å². The minimum Gasteiger partial charge on any atom is -0.383 e. The Bertz CT molecular complexity index is 516. The van der Waals surface area contributed by atoms with Crippen LogP contribution in [-0.2, 0) is 9.53 Å². The first kappa shape index (κ1) is 16.0. The zero-order valence-electron chi connectivity index (χ0n) is 13.6. The second kappa shape index (κ2) is 6.58. The first-order valence-corrected chi connectivity index (χ1v) is 7.63. The molecule has 0 bridgehead atoms. The average molecular weight is 290 g/mol. The van der Waals surface area contributed by atoms with Crippen molar-refractivity contribution in [2.75, 3.05) is 13.7 Å². The van der Waals surface area contributed by atoms with E-state index in [4.69, 9.17) is 4.74 Å². The molecule has 0 aliphatic carbocycles. The van der Waals surface area contributed by atoms with Crippen LogP contribution in [0.3, 0.4) is 0 Å². The van der Waals surface area contributed by atoms with Crippen LogP contribution in [0.5, 0.6) is 0 Å². The normalized spacial score (nSPS) is 23.7. The quantitative estimate of drug-likeness (QED) is 0.906. The van der Waals surface area contributed by atoms with Gasteiger partial charge in [-0.2, -0.15) is 0 Å². The minimum atomic E-state index is -0.151. The highest BCUT2D eigenvalue weighted by Crippen LogP contribution is 2.30. The van der Waals surface area contributed by atoms with Crippen molar-refractivity contribution in [3.8, 4) is 0 Å². The average Bonchev–Trinajstić information content (AvgIpc) is 2.72. The molecular weight excluding hydrogens is 264 g/mol. The van der Waals surface area contributed by atoms with Gasteiger partial charge in [-0.25, -0.2) is 0 Å². The Hall–Kier alpha value is -1.39. The molecule has 4 nitrogen and oxygen atoms in total. The van der Waals surface area contributed by atoms with Crippen LogP contribution in [0.15, 0.2) is 18.2 Å². The summed E-state index contributed by atoms with van der Waals surface area (Å²) in [5.74, 6) is 0.156. The number of rotatable bonds is 5. The number of aryl methyl sites for hydroxylation is 2. The molecule has 3 atom stereocenters. The summed E-state index contributed by atoms with van der Waals surface area (Å²) >= 11 is 0. The van der Waals surface area contributed by atoms with E-state index in [-0.39, 0.29) is 24.2 Å². The lowest BCUT2D eigenvalue weighted by molar-refractivity contribution is -0.133. The highest BCUT2D eigenvalue weighted by molar-refractivity contribution is 5.84. The fraction of sp³-hybridized carbons (Fsp3) is 0.588. The standard InChI is InChI=1S/C17H26N2O2/c1-6-14(10-21-5)19-16(18-13(4)17(19)20)15-8-7-11(2)9-12(15)3/h7-9,13-14,16,18H,6,10H2,1-5H3. The van der Waals surface area contributed by atoms with Crippen molar-refractivity contribution < 1.29 is 9.53 Å². The van der Waals surface area contributed by atoms with E-state index in [0.29, 0.717) is 6.61 Å². The summed E-state index contributed by atoms with van der Waals surface area (Å²) in [5, 5.41) is 3.42. The van der Waals surface area contributed by atoms with E-state index in [1.54, 1.807) is 7.11 Å². The molecule has 2 rings (SSSR count). The number of amides is 1. The van der Waals surface area contributed by atoms with Crippen LogP contribution in [-0.4, -0.2) is 36.6 Å². The summed E-state index contributed by atoms with van der Waals surface area (Å²) in [6, 6.07) is 6.35. The predicted octanol–water partition coefficient (Wildman–Crippen LogP) is 2.55. The van der Waals surface area contributed by atoms with Crippen LogP contribution >= 0.6 is 0 Å². The van der Waals surface area contributed by atoms with Gasteiger partial charge in [-0.05, 0) is 38.3 Å². The third-order valence-corrected chi connectivity index (χ3v) is 4.25. The maximum Gasteiger partial charge on any atom is 0.241 e. The molecule has 1 heterocycles. The Morgan fingerprint density at radius 1 is 1.38 bits per heavy atom. The molecule has 1 aliphatic rings. The van der Waals surface area contributed by atoms with Gasteiger partial charge in [-0.3, -0.25) is 10.1 Å². The van der Waals surface area contributed by atoms with E-state index in [0.717, 1.165) is 6.42 Å². The first-order valence-electron chi connectivity index (χ1n) is 7.63. The molecule has 3 unspecified atom stereocenters. The van der Waals surface area contributed by atoms with Gasteiger partial charge in [0.1, 0.15) is 6.17 Å². The number of hydrogen-bond donors (Lipinski definition) is 1. The Balaban J connectivity index is 2.37. The highest BCUT2D eigenvalue weighted by atomic mass is 16.5. The van der Waals surface area contributed by atoms with Gasteiger partial charge in [-0.1, -0.05) is 30.7 Å². The Labute approximate surface area is 127 Å². The van der Waals surface area contributed by atoms with Crippen LogP contribution < -0.4 is 5.32 Å². The SMILES string of the molecule is CCC(COC)N1C(=O)C(C)NC1c1ccc(C)cc1C. The van der Waals surface area contributed by atoms with Gasteiger partial charge in [0.25, 0.3) is 0 Å². The minimum absolute atomic E-state index is 0.0619. The summed E-state index contributed by atoms with van der Waals surface area (Å²) in [6.45, 7) is 8.78. The van der Waals surface area contributed by atoms with Gasteiger partial charge in [0, 0.05) is 7.11 Å². The summed E-state index contributed by atoms with van der Waals surface area (Å²) in [6.07, 6.45) is 0.822. The summed E-state index contributed by atoms with van der Waals surface area (Å²) in [7, 11) is 1.69. The van der Waals surface area contributed by atoms with E-state index in [1.807, 2.05) is 11.8 Å². The number of ether oxygens (including phenoxy) is 1. The first-order chi connectivity index (χ1) is 9.99. The second-order valence-corrected chi connectivity index (χ2v) is 5.91. The number of nitrogens with one attached hydrogen (secondary N) is 1. The monoisotopic (exact) mass is 290 g/mol. The highest BCUT2D eigenvalue weighted by Gasteiger charge is 2.41. The lowest BCUT2D eigenvalue weighted by Crippen LogP contribution is -2.42. The van der Waals surface area contributed by atoms with Crippen LogP contribution in [0.2, 0.25) is 0 Å². The van der Waals surface area contributed by atoms with Crippen molar-refractivity contribution in [3.05, 3.63) is 34.9 Å².